The highest BCUT2D eigenvalue weighted by Crippen LogP contribution is 2.30. The minimum absolute atomic E-state index is 0.200. The molecule has 0 aliphatic rings. The first-order chi connectivity index (χ1) is 11.6. The van der Waals surface area contributed by atoms with E-state index in [4.69, 9.17) is 26.1 Å². The van der Waals surface area contributed by atoms with Gasteiger partial charge in [0.25, 0.3) is 5.56 Å². The molecule has 0 radical (unpaired) electrons. The van der Waals surface area contributed by atoms with Crippen molar-refractivity contribution in [2.75, 3.05) is 13.2 Å². The van der Waals surface area contributed by atoms with Crippen LogP contribution in [0.3, 0.4) is 0 Å². The number of benzene rings is 1. The Kier molecular flexibility index (Phi) is 4.71. The van der Waals surface area contributed by atoms with Crippen molar-refractivity contribution in [2.24, 2.45) is 0 Å². The fourth-order valence-corrected chi connectivity index (χ4v) is 2.76. The fourth-order valence-electron chi connectivity index (χ4n) is 2.50. The lowest BCUT2D eigenvalue weighted by atomic mass is 10.2. The molecule has 0 unspecified atom stereocenters. The van der Waals surface area contributed by atoms with Gasteiger partial charge in [-0.05, 0) is 44.3 Å². The number of hydrogen-bond donors (Lipinski definition) is 1. The van der Waals surface area contributed by atoms with Crippen molar-refractivity contribution >= 4 is 23.1 Å². The zero-order chi connectivity index (χ0) is 17.1. The molecule has 3 rings (SSSR count). The molecule has 0 amide bonds. The summed E-state index contributed by atoms with van der Waals surface area (Å²) in [6, 6.07) is 7.01. The van der Waals surface area contributed by atoms with Crippen molar-refractivity contribution < 1.29 is 13.9 Å². The number of H-pyrrole nitrogens is 1. The van der Waals surface area contributed by atoms with E-state index in [1.54, 1.807) is 30.5 Å². The number of rotatable bonds is 6. The van der Waals surface area contributed by atoms with E-state index in [-0.39, 0.29) is 12.1 Å². The average molecular weight is 346 g/mol. The topological polar surface area (TPSA) is 69.4 Å². The highest BCUT2D eigenvalue weighted by Gasteiger charge is 2.13. The number of fused-ring (bicyclic) bond motifs is 1. The Morgan fingerprint density at radius 2 is 1.92 bits per heavy atom. The van der Waals surface area contributed by atoms with Gasteiger partial charge in [-0.15, -0.1) is 0 Å². The van der Waals surface area contributed by atoms with E-state index in [1.807, 2.05) is 13.8 Å². The summed E-state index contributed by atoms with van der Waals surface area (Å²) in [6.45, 7) is 5.03. The Morgan fingerprint density at radius 3 is 2.54 bits per heavy atom. The molecule has 7 heteroatoms. The van der Waals surface area contributed by atoms with Crippen LogP contribution < -0.4 is 15.0 Å². The summed E-state index contributed by atoms with van der Waals surface area (Å²) in [6.07, 6.45) is 1.57. The van der Waals surface area contributed by atoms with Gasteiger partial charge in [-0.2, -0.15) is 0 Å². The van der Waals surface area contributed by atoms with Crippen molar-refractivity contribution in [1.82, 2.24) is 9.55 Å². The SMILES string of the molecule is CCOc1cc2[nH]c(=S)n(Cc3ccco3)c(=O)c2cc1OCC. The van der Waals surface area contributed by atoms with Crippen molar-refractivity contribution in [3.63, 3.8) is 0 Å². The van der Waals surface area contributed by atoms with Gasteiger partial charge < -0.3 is 18.9 Å². The average Bonchev–Trinajstić information content (AvgIpc) is 3.06. The van der Waals surface area contributed by atoms with E-state index >= 15 is 0 Å². The van der Waals surface area contributed by atoms with E-state index in [9.17, 15) is 4.79 Å². The predicted molar refractivity (Wildman–Crippen MR) is 93.5 cm³/mol. The van der Waals surface area contributed by atoms with Gasteiger partial charge in [-0.1, -0.05) is 0 Å². The van der Waals surface area contributed by atoms with Gasteiger partial charge in [0.2, 0.25) is 0 Å². The second-order valence-electron chi connectivity index (χ2n) is 5.11. The number of aromatic nitrogens is 2. The Bertz CT molecular complexity index is 957. The smallest absolute Gasteiger partial charge is 0.262 e. The lowest BCUT2D eigenvalue weighted by Crippen LogP contribution is -2.22. The monoisotopic (exact) mass is 346 g/mol. The quantitative estimate of drug-likeness (QED) is 0.692. The van der Waals surface area contributed by atoms with Crippen molar-refractivity contribution in [3.05, 3.63) is 51.4 Å². The van der Waals surface area contributed by atoms with Crippen molar-refractivity contribution in [3.8, 4) is 11.5 Å². The number of hydrogen-bond acceptors (Lipinski definition) is 5. The van der Waals surface area contributed by atoms with Crippen LogP contribution in [0.15, 0.2) is 39.7 Å². The molecule has 3 aromatic rings. The molecule has 2 heterocycles. The maximum absolute atomic E-state index is 12.8. The van der Waals surface area contributed by atoms with Crippen LogP contribution in [-0.4, -0.2) is 22.8 Å². The van der Waals surface area contributed by atoms with Gasteiger partial charge in [0.15, 0.2) is 16.3 Å². The summed E-state index contributed by atoms with van der Waals surface area (Å²) >= 11 is 5.33. The third-order valence-electron chi connectivity index (χ3n) is 3.54. The minimum Gasteiger partial charge on any atom is -0.490 e. The maximum Gasteiger partial charge on any atom is 0.262 e. The van der Waals surface area contributed by atoms with Crippen molar-refractivity contribution in [2.45, 2.75) is 20.4 Å². The minimum atomic E-state index is -0.200. The Hall–Kier alpha value is -2.54. The second kappa shape index (κ2) is 6.92. The number of nitrogens with zero attached hydrogens (tertiary/aromatic N) is 1. The van der Waals surface area contributed by atoms with E-state index in [1.165, 1.54) is 4.57 Å². The van der Waals surface area contributed by atoms with Crippen LogP contribution in [-0.2, 0) is 6.54 Å². The van der Waals surface area contributed by atoms with Crippen LogP contribution in [0.1, 0.15) is 19.6 Å². The fraction of sp³-hybridized carbons (Fsp3) is 0.294. The van der Waals surface area contributed by atoms with Crippen LogP contribution >= 0.6 is 12.2 Å². The molecule has 0 aliphatic carbocycles. The van der Waals surface area contributed by atoms with Gasteiger partial charge in [0.05, 0.1) is 36.9 Å². The first kappa shape index (κ1) is 16.3. The molecule has 0 fully saturated rings. The summed E-state index contributed by atoms with van der Waals surface area (Å²) in [4.78, 5) is 15.9. The van der Waals surface area contributed by atoms with Crippen LogP contribution in [0, 0.1) is 4.77 Å². The molecule has 0 aliphatic heterocycles. The first-order valence-corrected chi connectivity index (χ1v) is 8.13. The third kappa shape index (κ3) is 3.07. The third-order valence-corrected chi connectivity index (χ3v) is 3.86. The largest absolute Gasteiger partial charge is 0.490 e. The lowest BCUT2D eigenvalue weighted by molar-refractivity contribution is 0.288. The Labute approximate surface area is 143 Å². The number of furan rings is 1. The lowest BCUT2D eigenvalue weighted by Gasteiger charge is -2.13. The molecule has 6 nitrogen and oxygen atoms in total. The molecule has 1 N–H and O–H groups in total. The standard InChI is InChI=1S/C17H18N2O4S/c1-3-21-14-8-12-13(9-15(14)22-4-2)18-17(24)19(16(12)20)10-11-6-5-7-23-11/h5-9H,3-4,10H2,1-2H3,(H,18,24). The van der Waals surface area contributed by atoms with Gasteiger partial charge in [0.1, 0.15) is 5.76 Å². The molecule has 0 atom stereocenters. The molecule has 0 bridgehead atoms. The molecular weight excluding hydrogens is 328 g/mol. The van der Waals surface area contributed by atoms with E-state index in [0.29, 0.717) is 46.1 Å². The summed E-state index contributed by atoms with van der Waals surface area (Å²) in [5, 5.41) is 0.488. The molecule has 24 heavy (non-hydrogen) atoms. The van der Waals surface area contributed by atoms with E-state index < -0.39 is 0 Å². The molecule has 0 spiro atoms. The summed E-state index contributed by atoms with van der Waals surface area (Å²) in [5.74, 6) is 1.78. The molecule has 2 aromatic heterocycles. The van der Waals surface area contributed by atoms with Crippen LogP contribution in [0.4, 0.5) is 0 Å². The van der Waals surface area contributed by atoms with E-state index in [2.05, 4.69) is 4.98 Å². The highest BCUT2D eigenvalue weighted by molar-refractivity contribution is 7.71. The van der Waals surface area contributed by atoms with Crippen LogP contribution in [0.25, 0.3) is 10.9 Å². The van der Waals surface area contributed by atoms with Crippen LogP contribution in [0.2, 0.25) is 0 Å². The highest BCUT2D eigenvalue weighted by atomic mass is 32.1. The molecule has 0 saturated carbocycles. The number of nitrogens with one attached hydrogen (secondary N) is 1. The van der Waals surface area contributed by atoms with Crippen LogP contribution in [0.5, 0.6) is 11.5 Å². The molecule has 0 saturated heterocycles. The zero-order valence-corrected chi connectivity index (χ0v) is 14.3. The number of ether oxygens (including phenoxy) is 2. The first-order valence-electron chi connectivity index (χ1n) is 7.72. The molecule has 126 valence electrons. The summed E-state index contributed by atoms with van der Waals surface area (Å²) in [7, 11) is 0. The summed E-state index contributed by atoms with van der Waals surface area (Å²) in [5.41, 5.74) is 0.418. The zero-order valence-electron chi connectivity index (χ0n) is 13.5. The Balaban J connectivity index is 2.18. The maximum atomic E-state index is 12.8. The Morgan fingerprint density at radius 1 is 1.21 bits per heavy atom. The van der Waals surface area contributed by atoms with Crippen molar-refractivity contribution in [1.29, 1.82) is 0 Å². The van der Waals surface area contributed by atoms with Gasteiger partial charge in [0, 0.05) is 6.07 Å². The molecular formula is C17H18N2O4S. The van der Waals surface area contributed by atoms with E-state index in [0.717, 1.165) is 0 Å². The van der Waals surface area contributed by atoms with Gasteiger partial charge >= 0.3 is 0 Å². The van der Waals surface area contributed by atoms with Gasteiger partial charge in [-0.3, -0.25) is 9.36 Å². The molecule has 1 aromatic carbocycles. The number of aromatic amines is 1. The predicted octanol–water partition coefficient (Wildman–Crippen LogP) is 3.50. The second-order valence-corrected chi connectivity index (χ2v) is 5.50. The van der Waals surface area contributed by atoms with Gasteiger partial charge in [-0.25, -0.2) is 0 Å². The summed E-state index contributed by atoms with van der Waals surface area (Å²) < 4.78 is 18.3. The normalized spacial score (nSPS) is 10.9.